The molecule has 0 saturated carbocycles. The number of benzene rings is 2. The van der Waals surface area contributed by atoms with Gasteiger partial charge in [-0.15, -0.1) is 0 Å². The Balaban J connectivity index is 1.71. The fourth-order valence-corrected chi connectivity index (χ4v) is 5.28. The standard InChI is InChI=1S/C15H8N4S3/c1-3-7-11-9(5-1)16-13(20-11)17-14-18-15-19(22-14)10-6-2-4-8-12(10)21-15/h1-8H/b17-14+. The Hall–Kier alpha value is -2.09. The van der Waals surface area contributed by atoms with Gasteiger partial charge >= 0.3 is 0 Å². The van der Waals surface area contributed by atoms with Gasteiger partial charge in [0.2, 0.25) is 14.9 Å². The van der Waals surface area contributed by atoms with Crippen LogP contribution in [0.5, 0.6) is 0 Å². The third kappa shape index (κ3) is 1.90. The lowest BCUT2D eigenvalue weighted by molar-refractivity contribution is 1.24. The summed E-state index contributed by atoms with van der Waals surface area (Å²) in [6, 6.07) is 16.4. The van der Waals surface area contributed by atoms with E-state index in [1.165, 1.54) is 10.2 Å². The number of rotatable bonds is 1. The van der Waals surface area contributed by atoms with E-state index in [4.69, 9.17) is 0 Å². The second kappa shape index (κ2) is 4.70. The van der Waals surface area contributed by atoms with Crippen LogP contribution in [0.3, 0.4) is 0 Å². The van der Waals surface area contributed by atoms with Crippen molar-refractivity contribution >= 4 is 64.7 Å². The number of nitrogens with zero attached hydrogens (tertiary/aromatic N) is 4. The summed E-state index contributed by atoms with van der Waals surface area (Å²) in [5.41, 5.74) is 2.17. The van der Waals surface area contributed by atoms with Gasteiger partial charge in [0.05, 0.1) is 20.4 Å². The van der Waals surface area contributed by atoms with Gasteiger partial charge in [-0.2, -0.15) is 9.98 Å². The third-order valence-corrected chi connectivity index (χ3v) is 6.26. The van der Waals surface area contributed by atoms with Crippen LogP contribution < -0.4 is 4.80 Å². The molecule has 0 saturated heterocycles. The van der Waals surface area contributed by atoms with Crippen molar-refractivity contribution in [2.24, 2.45) is 4.99 Å². The lowest BCUT2D eigenvalue weighted by Gasteiger charge is -1.86. The number of hydrogen-bond donors (Lipinski definition) is 0. The Morgan fingerprint density at radius 2 is 1.68 bits per heavy atom. The fraction of sp³-hybridized carbons (Fsp3) is 0. The van der Waals surface area contributed by atoms with E-state index in [-0.39, 0.29) is 0 Å². The lowest BCUT2D eigenvalue weighted by Crippen LogP contribution is -1.94. The summed E-state index contributed by atoms with van der Waals surface area (Å²) in [4.78, 5) is 15.5. The summed E-state index contributed by atoms with van der Waals surface area (Å²) in [5.74, 6) is 0. The second-order valence-electron chi connectivity index (χ2n) is 4.71. The molecule has 0 aliphatic carbocycles. The molecule has 0 atom stereocenters. The minimum Gasteiger partial charge on any atom is -0.236 e. The van der Waals surface area contributed by atoms with Crippen LogP contribution >= 0.6 is 34.2 Å². The highest BCUT2D eigenvalue weighted by Gasteiger charge is 2.07. The number of thiazole rings is 2. The van der Waals surface area contributed by atoms with Gasteiger partial charge in [0.1, 0.15) is 0 Å². The van der Waals surface area contributed by atoms with Gasteiger partial charge in [-0.25, -0.2) is 8.77 Å². The topological polar surface area (TPSA) is 42.5 Å². The summed E-state index contributed by atoms with van der Waals surface area (Å²) >= 11 is 4.83. The van der Waals surface area contributed by atoms with Crippen molar-refractivity contribution < 1.29 is 0 Å². The van der Waals surface area contributed by atoms with Crippen LogP contribution in [-0.2, 0) is 0 Å². The van der Waals surface area contributed by atoms with Crippen molar-refractivity contribution in [2.45, 2.75) is 0 Å². The molecule has 22 heavy (non-hydrogen) atoms. The maximum absolute atomic E-state index is 4.62. The van der Waals surface area contributed by atoms with E-state index in [2.05, 4.69) is 43.0 Å². The molecule has 0 spiro atoms. The largest absolute Gasteiger partial charge is 0.236 e. The van der Waals surface area contributed by atoms with Crippen molar-refractivity contribution in [3.8, 4) is 0 Å². The number of aromatic nitrogens is 3. The van der Waals surface area contributed by atoms with Crippen molar-refractivity contribution in [3.05, 3.63) is 53.3 Å². The van der Waals surface area contributed by atoms with Crippen molar-refractivity contribution in [3.63, 3.8) is 0 Å². The van der Waals surface area contributed by atoms with Crippen LogP contribution in [0, 0.1) is 0 Å². The minimum absolute atomic E-state index is 0.746. The van der Waals surface area contributed by atoms with Crippen molar-refractivity contribution in [1.29, 1.82) is 0 Å². The molecule has 106 valence electrons. The molecule has 7 heteroatoms. The summed E-state index contributed by atoms with van der Waals surface area (Å²) < 4.78 is 4.53. The summed E-state index contributed by atoms with van der Waals surface area (Å²) in [6.45, 7) is 0. The molecule has 5 aromatic rings. The van der Waals surface area contributed by atoms with E-state index in [1.54, 1.807) is 34.2 Å². The molecule has 0 aliphatic heterocycles. The molecule has 4 nitrogen and oxygen atoms in total. The van der Waals surface area contributed by atoms with Gasteiger partial charge in [0, 0.05) is 0 Å². The van der Waals surface area contributed by atoms with E-state index < -0.39 is 0 Å². The highest BCUT2D eigenvalue weighted by atomic mass is 32.1. The van der Waals surface area contributed by atoms with Crippen LogP contribution in [0.15, 0.2) is 53.5 Å². The summed E-state index contributed by atoms with van der Waals surface area (Å²) in [5, 5.41) is 0.757. The average molecular weight is 340 g/mol. The van der Waals surface area contributed by atoms with Crippen molar-refractivity contribution in [2.75, 3.05) is 0 Å². The van der Waals surface area contributed by atoms with Gasteiger partial charge in [-0.1, -0.05) is 46.9 Å². The van der Waals surface area contributed by atoms with E-state index in [9.17, 15) is 0 Å². The smallest absolute Gasteiger partial charge is 0.231 e. The number of hydrogen-bond acceptors (Lipinski definition) is 6. The molecule has 0 N–H and O–H groups in total. The molecule has 0 radical (unpaired) electrons. The molecule has 0 amide bonds. The van der Waals surface area contributed by atoms with Crippen LogP contribution in [0.4, 0.5) is 5.13 Å². The summed E-state index contributed by atoms with van der Waals surface area (Å²) in [6.07, 6.45) is 0. The van der Waals surface area contributed by atoms with Crippen molar-refractivity contribution in [1.82, 2.24) is 13.8 Å². The maximum Gasteiger partial charge on any atom is 0.231 e. The molecule has 0 unspecified atom stereocenters. The number of para-hydroxylation sites is 2. The molecule has 0 aliphatic rings. The summed E-state index contributed by atoms with van der Waals surface area (Å²) in [7, 11) is 0. The Morgan fingerprint density at radius 3 is 2.59 bits per heavy atom. The fourth-order valence-electron chi connectivity index (χ4n) is 2.33. The molecule has 0 bridgehead atoms. The van der Waals surface area contributed by atoms with E-state index >= 15 is 0 Å². The van der Waals surface area contributed by atoms with Gasteiger partial charge in [-0.05, 0) is 35.8 Å². The first kappa shape index (κ1) is 12.5. The number of fused-ring (bicyclic) bond motifs is 4. The first-order chi connectivity index (χ1) is 10.9. The van der Waals surface area contributed by atoms with E-state index in [0.717, 1.165) is 25.1 Å². The average Bonchev–Trinajstić information content (AvgIpc) is 3.18. The Labute approximate surface area is 136 Å². The van der Waals surface area contributed by atoms with Gasteiger partial charge in [-0.3, -0.25) is 0 Å². The normalized spacial score (nSPS) is 12.8. The van der Waals surface area contributed by atoms with Crippen LogP contribution in [0.1, 0.15) is 0 Å². The van der Waals surface area contributed by atoms with Gasteiger partial charge in [0.15, 0.2) is 0 Å². The molecule has 3 aromatic heterocycles. The first-order valence-electron chi connectivity index (χ1n) is 6.65. The predicted molar refractivity (Wildman–Crippen MR) is 93.3 cm³/mol. The van der Waals surface area contributed by atoms with Crippen LogP contribution in [0.2, 0.25) is 0 Å². The Bertz CT molecular complexity index is 1160. The lowest BCUT2D eigenvalue weighted by atomic mass is 10.3. The predicted octanol–water partition coefficient (Wildman–Crippen LogP) is 4.45. The molecule has 5 rings (SSSR count). The Kier molecular flexibility index (Phi) is 2.66. The van der Waals surface area contributed by atoms with E-state index in [0.29, 0.717) is 0 Å². The second-order valence-corrected chi connectivity index (χ2v) is 7.64. The highest BCUT2D eigenvalue weighted by Crippen LogP contribution is 2.28. The van der Waals surface area contributed by atoms with Crippen LogP contribution in [-0.4, -0.2) is 13.8 Å². The monoisotopic (exact) mass is 340 g/mol. The zero-order chi connectivity index (χ0) is 14.5. The SMILES string of the molecule is c1ccc2sc(/N=c3\nc4sc5ccccc5n4s3)nc2c1. The molecular formula is C15H8N4S3. The molecular weight excluding hydrogens is 332 g/mol. The minimum atomic E-state index is 0.746. The zero-order valence-corrected chi connectivity index (χ0v) is 13.6. The zero-order valence-electron chi connectivity index (χ0n) is 11.1. The molecule has 3 heterocycles. The first-order valence-corrected chi connectivity index (χ1v) is 9.05. The molecule has 2 aromatic carbocycles. The maximum atomic E-state index is 4.62. The van der Waals surface area contributed by atoms with E-state index in [1.807, 2.05) is 24.3 Å². The highest BCUT2D eigenvalue weighted by molar-refractivity contribution is 7.25. The third-order valence-electron chi connectivity index (χ3n) is 3.30. The molecule has 0 fully saturated rings. The van der Waals surface area contributed by atoms with Gasteiger partial charge in [0.25, 0.3) is 0 Å². The Morgan fingerprint density at radius 1 is 0.864 bits per heavy atom. The quantitative estimate of drug-likeness (QED) is 0.452. The van der Waals surface area contributed by atoms with Crippen LogP contribution in [0.25, 0.3) is 25.4 Å². The van der Waals surface area contributed by atoms with Gasteiger partial charge < -0.3 is 0 Å².